The number of likely N-dealkylation sites (N-methyl/N-ethyl adjacent to an activating group) is 1. The maximum atomic E-state index is 5.24. The van der Waals surface area contributed by atoms with Gasteiger partial charge in [-0.3, -0.25) is 0 Å². The molecule has 0 bridgehead atoms. The van der Waals surface area contributed by atoms with Crippen molar-refractivity contribution in [1.82, 2.24) is 14.9 Å². The Hall–Kier alpha value is -1.36. The first-order valence-electron chi connectivity index (χ1n) is 7.16. The van der Waals surface area contributed by atoms with Crippen LogP contribution in [-0.2, 0) is 0 Å². The van der Waals surface area contributed by atoms with Gasteiger partial charge in [0.2, 0.25) is 5.88 Å². The normalized spacial score (nSPS) is 14.7. The Morgan fingerprint density at radius 2 is 2.05 bits per heavy atom. The third kappa shape index (κ3) is 4.06. The summed E-state index contributed by atoms with van der Waals surface area (Å²) in [5.74, 6) is 2.99. The van der Waals surface area contributed by atoms with Gasteiger partial charge in [-0.2, -0.15) is 4.98 Å². The SMILES string of the molecule is CCN(CC)CCNc1cc(OC)nc(C2CC2)n1. The van der Waals surface area contributed by atoms with E-state index in [0.29, 0.717) is 11.8 Å². The maximum Gasteiger partial charge on any atom is 0.218 e. The molecule has 0 atom stereocenters. The number of nitrogens with one attached hydrogen (secondary N) is 1. The summed E-state index contributed by atoms with van der Waals surface area (Å²) < 4.78 is 5.24. The van der Waals surface area contributed by atoms with E-state index >= 15 is 0 Å². The number of hydrogen-bond acceptors (Lipinski definition) is 5. The average molecular weight is 264 g/mol. The largest absolute Gasteiger partial charge is 0.481 e. The van der Waals surface area contributed by atoms with E-state index in [-0.39, 0.29) is 0 Å². The lowest BCUT2D eigenvalue weighted by molar-refractivity contribution is 0.316. The molecule has 0 radical (unpaired) electrons. The number of methoxy groups -OCH3 is 1. The summed E-state index contributed by atoms with van der Waals surface area (Å²) >= 11 is 0. The minimum absolute atomic E-state index is 0.540. The lowest BCUT2D eigenvalue weighted by Gasteiger charge is -2.18. The van der Waals surface area contributed by atoms with Gasteiger partial charge >= 0.3 is 0 Å². The average Bonchev–Trinajstić information content (AvgIpc) is 3.28. The second-order valence-corrected chi connectivity index (χ2v) is 4.88. The lowest BCUT2D eigenvalue weighted by Crippen LogP contribution is -2.28. The van der Waals surface area contributed by atoms with Crippen LogP contribution in [0.4, 0.5) is 5.82 Å². The van der Waals surface area contributed by atoms with Crippen LogP contribution in [0.15, 0.2) is 6.07 Å². The van der Waals surface area contributed by atoms with Crippen molar-refractivity contribution < 1.29 is 4.74 Å². The lowest BCUT2D eigenvalue weighted by atomic mass is 10.4. The van der Waals surface area contributed by atoms with Crippen LogP contribution in [0.1, 0.15) is 38.4 Å². The molecule has 1 aromatic rings. The molecule has 0 amide bonds. The Balaban J connectivity index is 1.93. The molecule has 106 valence electrons. The number of nitrogens with zero attached hydrogens (tertiary/aromatic N) is 3. The van der Waals surface area contributed by atoms with E-state index < -0.39 is 0 Å². The summed E-state index contributed by atoms with van der Waals surface area (Å²) in [6.45, 7) is 8.45. The number of rotatable bonds is 8. The summed E-state index contributed by atoms with van der Waals surface area (Å²) in [6, 6.07) is 1.87. The minimum Gasteiger partial charge on any atom is -0.481 e. The molecule has 5 nitrogen and oxygen atoms in total. The first-order valence-corrected chi connectivity index (χ1v) is 7.16. The molecular formula is C14H24N4O. The Morgan fingerprint density at radius 1 is 1.32 bits per heavy atom. The maximum absolute atomic E-state index is 5.24. The smallest absolute Gasteiger partial charge is 0.218 e. The number of aromatic nitrogens is 2. The molecule has 1 saturated carbocycles. The Morgan fingerprint density at radius 3 is 2.63 bits per heavy atom. The van der Waals surface area contributed by atoms with Crippen molar-refractivity contribution in [2.45, 2.75) is 32.6 Å². The van der Waals surface area contributed by atoms with E-state index in [0.717, 1.165) is 37.8 Å². The van der Waals surface area contributed by atoms with Gasteiger partial charge in [-0.15, -0.1) is 0 Å². The zero-order valence-electron chi connectivity index (χ0n) is 12.1. The second kappa shape index (κ2) is 6.70. The molecule has 0 spiro atoms. The quantitative estimate of drug-likeness (QED) is 0.779. The van der Waals surface area contributed by atoms with Crippen molar-refractivity contribution >= 4 is 5.82 Å². The van der Waals surface area contributed by atoms with Crippen molar-refractivity contribution in [3.63, 3.8) is 0 Å². The molecule has 0 unspecified atom stereocenters. The van der Waals surface area contributed by atoms with Crippen molar-refractivity contribution in [3.8, 4) is 5.88 Å². The van der Waals surface area contributed by atoms with Crippen molar-refractivity contribution in [2.24, 2.45) is 0 Å². The molecule has 19 heavy (non-hydrogen) atoms. The summed E-state index contributed by atoms with van der Waals surface area (Å²) in [4.78, 5) is 11.4. The summed E-state index contributed by atoms with van der Waals surface area (Å²) in [5.41, 5.74) is 0. The molecule has 1 aliphatic carbocycles. The van der Waals surface area contributed by atoms with Gasteiger partial charge in [-0.1, -0.05) is 13.8 Å². The summed E-state index contributed by atoms with van der Waals surface area (Å²) in [6.07, 6.45) is 2.40. The van der Waals surface area contributed by atoms with Gasteiger partial charge in [0, 0.05) is 25.1 Å². The Kier molecular flexibility index (Phi) is 4.96. The van der Waals surface area contributed by atoms with Crippen LogP contribution >= 0.6 is 0 Å². The van der Waals surface area contributed by atoms with E-state index in [4.69, 9.17) is 4.74 Å². The van der Waals surface area contributed by atoms with Gasteiger partial charge in [0.15, 0.2) is 0 Å². The van der Waals surface area contributed by atoms with E-state index in [2.05, 4.69) is 34.0 Å². The Bertz CT molecular complexity index is 402. The van der Waals surface area contributed by atoms with Crippen molar-refractivity contribution in [2.75, 3.05) is 38.6 Å². The molecule has 0 aliphatic heterocycles. The van der Waals surface area contributed by atoms with Gasteiger partial charge in [-0.25, -0.2) is 4.98 Å². The highest BCUT2D eigenvalue weighted by molar-refractivity contribution is 5.39. The first kappa shape index (κ1) is 14.1. The molecular weight excluding hydrogens is 240 g/mol. The molecule has 1 fully saturated rings. The number of anilines is 1. The van der Waals surface area contributed by atoms with Gasteiger partial charge in [-0.05, 0) is 25.9 Å². The van der Waals surface area contributed by atoms with Crippen LogP contribution in [0.25, 0.3) is 0 Å². The third-order valence-electron chi connectivity index (χ3n) is 3.50. The third-order valence-corrected chi connectivity index (χ3v) is 3.50. The molecule has 1 heterocycles. The highest BCUT2D eigenvalue weighted by Crippen LogP contribution is 2.39. The topological polar surface area (TPSA) is 50.3 Å². The standard InChI is InChI=1S/C14H24N4O/c1-4-18(5-2)9-8-15-12-10-13(19-3)17-14(16-12)11-6-7-11/h10-11H,4-9H2,1-3H3,(H,15,16,17). The van der Waals surface area contributed by atoms with E-state index in [9.17, 15) is 0 Å². The molecule has 1 aliphatic rings. The van der Waals surface area contributed by atoms with E-state index in [1.807, 2.05) is 6.07 Å². The highest BCUT2D eigenvalue weighted by atomic mass is 16.5. The van der Waals surface area contributed by atoms with Crippen LogP contribution in [0, 0.1) is 0 Å². The van der Waals surface area contributed by atoms with Crippen LogP contribution in [-0.4, -0.2) is 48.2 Å². The zero-order chi connectivity index (χ0) is 13.7. The molecule has 1 N–H and O–H groups in total. The Labute approximate surface area is 115 Å². The van der Waals surface area contributed by atoms with E-state index in [1.54, 1.807) is 7.11 Å². The van der Waals surface area contributed by atoms with Crippen molar-refractivity contribution in [3.05, 3.63) is 11.9 Å². The summed E-state index contributed by atoms with van der Waals surface area (Å²) in [7, 11) is 1.65. The highest BCUT2D eigenvalue weighted by Gasteiger charge is 2.27. The predicted molar refractivity (Wildman–Crippen MR) is 76.8 cm³/mol. The van der Waals surface area contributed by atoms with Crippen LogP contribution < -0.4 is 10.1 Å². The molecule has 0 aromatic carbocycles. The van der Waals surface area contributed by atoms with Gasteiger partial charge in [0.1, 0.15) is 11.6 Å². The monoisotopic (exact) mass is 264 g/mol. The fourth-order valence-electron chi connectivity index (χ4n) is 2.04. The predicted octanol–water partition coefficient (Wildman–Crippen LogP) is 2.12. The van der Waals surface area contributed by atoms with E-state index in [1.165, 1.54) is 12.8 Å². The zero-order valence-corrected chi connectivity index (χ0v) is 12.1. The van der Waals surface area contributed by atoms with Crippen LogP contribution in [0.3, 0.4) is 0 Å². The molecule has 0 saturated heterocycles. The summed E-state index contributed by atoms with van der Waals surface area (Å²) in [5, 5.41) is 3.37. The van der Waals surface area contributed by atoms with Crippen LogP contribution in [0.5, 0.6) is 5.88 Å². The number of ether oxygens (including phenoxy) is 1. The molecule has 2 rings (SSSR count). The van der Waals surface area contributed by atoms with Gasteiger partial charge in [0.05, 0.1) is 7.11 Å². The van der Waals surface area contributed by atoms with Crippen molar-refractivity contribution in [1.29, 1.82) is 0 Å². The molecule has 1 aromatic heterocycles. The fraction of sp³-hybridized carbons (Fsp3) is 0.714. The fourth-order valence-corrected chi connectivity index (χ4v) is 2.04. The molecule has 5 heteroatoms. The van der Waals surface area contributed by atoms with Gasteiger partial charge < -0.3 is 15.0 Å². The number of hydrogen-bond donors (Lipinski definition) is 1. The minimum atomic E-state index is 0.540. The second-order valence-electron chi connectivity index (χ2n) is 4.88. The van der Waals surface area contributed by atoms with Gasteiger partial charge in [0.25, 0.3) is 0 Å². The van der Waals surface area contributed by atoms with Crippen LogP contribution in [0.2, 0.25) is 0 Å². The first-order chi connectivity index (χ1) is 9.26.